The average Bonchev–Trinajstić information content (AvgIpc) is 2.96. The lowest BCUT2D eigenvalue weighted by molar-refractivity contribution is 0.287. The van der Waals surface area contributed by atoms with Gasteiger partial charge in [0.1, 0.15) is 11.5 Å². The summed E-state index contributed by atoms with van der Waals surface area (Å²) in [7, 11) is 0. The van der Waals surface area contributed by atoms with E-state index in [1.54, 1.807) is 12.1 Å². The Hall–Kier alpha value is -3.67. The highest BCUT2D eigenvalue weighted by Gasteiger charge is 2.18. The van der Waals surface area contributed by atoms with Crippen molar-refractivity contribution in [2.45, 2.75) is 13.8 Å². The quantitative estimate of drug-likeness (QED) is 0.626. The fourth-order valence-electron chi connectivity index (χ4n) is 3.24. The maximum absolute atomic E-state index is 13.3. The summed E-state index contributed by atoms with van der Waals surface area (Å²) in [5, 5.41) is 4.64. The number of halogens is 1. The first-order chi connectivity index (χ1) is 14.7. The van der Waals surface area contributed by atoms with Gasteiger partial charge in [-0.25, -0.2) is 9.38 Å². The van der Waals surface area contributed by atoms with Gasteiger partial charge >= 0.3 is 0 Å². The van der Waals surface area contributed by atoms with E-state index in [2.05, 4.69) is 10.5 Å². The van der Waals surface area contributed by atoms with E-state index in [-0.39, 0.29) is 5.82 Å². The second-order valence-electron chi connectivity index (χ2n) is 6.58. The average molecular weight is 403 g/mol. The Balaban J connectivity index is 1.78. The van der Waals surface area contributed by atoms with Crippen molar-refractivity contribution in [2.75, 3.05) is 13.2 Å². The number of fused-ring (bicyclic) bond motifs is 1. The number of hydrogen-bond donors (Lipinski definition) is 1. The van der Waals surface area contributed by atoms with Gasteiger partial charge in [0.05, 0.1) is 18.9 Å². The molecule has 1 aliphatic heterocycles. The molecule has 3 aromatic rings. The van der Waals surface area contributed by atoms with E-state index in [1.807, 2.05) is 56.3 Å². The van der Waals surface area contributed by atoms with E-state index in [0.29, 0.717) is 30.5 Å². The Bertz CT molecular complexity index is 1110. The second kappa shape index (κ2) is 8.78. The van der Waals surface area contributed by atoms with Crippen LogP contribution in [0.15, 0.2) is 76.8 Å². The minimum absolute atomic E-state index is 0.296. The van der Waals surface area contributed by atoms with Crippen molar-refractivity contribution >= 4 is 17.2 Å². The molecule has 0 amide bonds. The number of hydrazone groups is 1. The van der Waals surface area contributed by atoms with Crippen molar-refractivity contribution in [1.82, 2.24) is 5.43 Å². The zero-order chi connectivity index (χ0) is 20.9. The fraction of sp³-hybridized carbons (Fsp3) is 0.167. The Morgan fingerprint density at radius 1 is 0.833 bits per heavy atom. The Morgan fingerprint density at radius 3 is 2.30 bits per heavy atom. The molecule has 0 fully saturated rings. The number of ether oxygens (including phenoxy) is 2. The van der Waals surface area contributed by atoms with Gasteiger partial charge < -0.3 is 9.47 Å². The SMILES string of the molecule is CCOc1ccc(C2=NNC(c3ccc(F)cc3)=Nc3ccccc32)cc1OCC. The monoisotopic (exact) mass is 403 g/mol. The summed E-state index contributed by atoms with van der Waals surface area (Å²) in [5.41, 5.74) is 7.05. The molecule has 0 unspecified atom stereocenters. The summed E-state index contributed by atoms with van der Waals surface area (Å²) >= 11 is 0. The highest BCUT2D eigenvalue weighted by Crippen LogP contribution is 2.32. The Labute approximate surface area is 174 Å². The number of rotatable bonds is 6. The Morgan fingerprint density at radius 2 is 1.53 bits per heavy atom. The highest BCUT2D eigenvalue weighted by molar-refractivity contribution is 6.18. The number of nitrogens with zero attached hydrogens (tertiary/aromatic N) is 2. The van der Waals surface area contributed by atoms with E-state index < -0.39 is 0 Å². The second-order valence-corrected chi connectivity index (χ2v) is 6.58. The normalized spacial score (nSPS) is 12.8. The Kier molecular flexibility index (Phi) is 5.75. The van der Waals surface area contributed by atoms with Crippen LogP contribution in [-0.2, 0) is 0 Å². The van der Waals surface area contributed by atoms with Crippen LogP contribution in [0.5, 0.6) is 11.5 Å². The van der Waals surface area contributed by atoms with Gasteiger partial charge in [0, 0.05) is 16.7 Å². The van der Waals surface area contributed by atoms with Crippen molar-refractivity contribution in [1.29, 1.82) is 0 Å². The first kappa shape index (κ1) is 19.6. The van der Waals surface area contributed by atoms with E-state index in [4.69, 9.17) is 14.5 Å². The van der Waals surface area contributed by atoms with Gasteiger partial charge in [0.15, 0.2) is 17.3 Å². The predicted octanol–water partition coefficient (Wildman–Crippen LogP) is 5.06. The van der Waals surface area contributed by atoms with Crippen LogP contribution in [0.2, 0.25) is 0 Å². The minimum atomic E-state index is -0.296. The summed E-state index contributed by atoms with van der Waals surface area (Å²) in [5.74, 6) is 1.62. The van der Waals surface area contributed by atoms with Crippen molar-refractivity contribution in [3.63, 3.8) is 0 Å². The lowest BCUT2D eigenvalue weighted by Crippen LogP contribution is -2.19. The van der Waals surface area contributed by atoms with Crippen LogP contribution in [0.3, 0.4) is 0 Å². The molecule has 4 rings (SSSR count). The maximum Gasteiger partial charge on any atom is 0.161 e. The van der Waals surface area contributed by atoms with Crippen molar-refractivity contribution in [3.8, 4) is 11.5 Å². The third kappa shape index (κ3) is 4.03. The molecule has 0 atom stereocenters. The molecule has 152 valence electrons. The third-order valence-electron chi connectivity index (χ3n) is 4.60. The molecule has 0 saturated heterocycles. The van der Waals surface area contributed by atoms with Crippen LogP contribution in [-0.4, -0.2) is 24.8 Å². The van der Waals surface area contributed by atoms with Crippen LogP contribution in [0.25, 0.3) is 0 Å². The zero-order valence-electron chi connectivity index (χ0n) is 16.9. The maximum atomic E-state index is 13.3. The summed E-state index contributed by atoms with van der Waals surface area (Å²) in [4.78, 5) is 4.73. The van der Waals surface area contributed by atoms with Crippen LogP contribution in [0, 0.1) is 5.82 Å². The van der Waals surface area contributed by atoms with Crippen LogP contribution < -0.4 is 14.9 Å². The molecule has 30 heavy (non-hydrogen) atoms. The zero-order valence-corrected chi connectivity index (χ0v) is 16.9. The molecule has 0 spiro atoms. The number of aliphatic imine (C=N–C) groups is 1. The minimum Gasteiger partial charge on any atom is -0.490 e. The molecule has 0 saturated carbocycles. The van der Waals surface area contributed by atoms with E-state index in [9.17, 15) is 4.39 Å². The first-order valence-electron chi connectivity index (χ1n) is 9.87. The topological polar surface area (TPSA) is 55.2 Å². The predicted molar refractivity (Wildman–Crippen MR) is 117 cm³/mol. The molecular formula is C24H22FN3O2. The highest BCUT2D eigenvalue weighted by atomic mass is 19.1. The van der Waals surface area contributed by atoms with E-state index >= 15 is 0 Å². The molecule has 1 N–H and O–H groups in total. The smallest absolute Gasteiger partial charge is 0.161 e. The molecular weight excluding hydrogens is 381 g/mol. The summed E-state index contributed by atoms with van der Waals surface area (Å²) in [6.07, 6.45) is 0. The molecule has 1 aliphatic rings. The van der Waals surface area contributed by atoms with E-state index in [1.165, 1.54) is 12.1 Å². The fourth-order valence-corrected chi connectivity index (χ4v) is 3.24. The van der Waals surface area contributed by atoms with Crippen molar-refractivity contribution < 1.29 is 13.9 Å². The van der Waals surface area contributed by atoms with Gasteiger partial charge in [-0.1, -0.05) is 18.2 Å². The van der Waals surface area contributed by atoms with Gasteiger partial charge in [-0.3, -0.25) is 5.43 Å². The molecule has 5 nitrogen and oxygen atoms in total. The van der Waals surface area contributed by atoms with Crippen molar-refractivity contribution in [2.24, 2.45) is 10.1 Å². The first-order valence-corrected chi connectivity index (χ1v) is 9.87. The molecule has 0 radical (unpaired) electrons. The summed E-state index contributed by atoms with van der Waals surface area (Å²) in [6, 6.07) is 19.7. The number of amidine groups is 1. The molecule has 0 aliphatic carbocycles. The van der Waals surface area contributed by atoms with Gasteiger partial charge in [-0.15, -0.1) is 0 Å². The number of benzene rings is 3. The van der Waals surface area contributed by atoms with E-state index in [0.717, 1.165) is 28.1 Å². The van der Waals surface area contributed by atoms with Crippen LogP contribution >= 0.6 is 0 Å². The molecule has 0 aromatic heterocycles. The number of nitrogens with one attached hydrogen (secondary N) is 1. The largest absolute Gasteiger partial charge is 0.490 e. The molecule has 1 heterocycles. The molecule has 0 bridgehead atoms. The van der Waals surface area contributed by atoms with Crippen molar-refractivity contribution in [3.05, 3.63) is 89.2 Å². The lowest BCUT2D eigenvalue weighted by Gasteiger charge is -2.14. The summed E-state index contributed by atoms with van der Waals surface area (Å²) < 4.78 is 24.8. The lowest BCUT2D eigenvalue weighted by atomic mass is 10.0. The van der Waals surface area contributed by atoms with Gasteiger partial charge in [-0.2, -0.15) is 5.10 Å². The third-order valence-corrected chi connectivity index (χ3v) is 4.60. The van der Waals surface area contributed by atoms with Crippen LogP contribution in [0.4, 0.5) is 10.1 Å². The van der Waals surface area contributed by atoms with Gasteiger partial charge in [0.25, 0.3) is 0 Å². The molecule has 6 heteroatoms. The standard InChI is InChI=1S/C24H22FN3O2/c1-3-29-21-14-11-17(15-22(21)30-4-2)23-19-7-5-6-8-20(19)26-24(28-27-23)16-9-12-18(25)13-10-16/h5-15H,3-4H2,1-2H3,(H,26,28). The molecule has 3 aromatic carbocycles. The van der Waals surface area contributed by atoms with Gasteiger partial charge in [-0.05, 0) is 62.4 Å². The number of hydrogen-bond acceptors (Lipinski definition) is 5. The number of para-hydroxylation sites is 1. The van der Waals surface area contributed by atoms with Crippen LogP contribution in [0.1, 0.15) is 30.5 Å². The summed E-state index contributed by atoms with van der Waals surface area (Å²) in [6.45, 7) is 4.96. The van der Waals surface area contributed by atoms with Gasteiger partial charge in [0.2, 0.25) is 0 Å².